The second-order valence-electron chi connectivity index (χ2n) is 3.95. The highest BCUT2D eigenvalue weighted by molar-refractivity contribution is 5.17. The fourth-order valence-corrected chi connectivity index (χ4v) is 1.84. The summed E-state index contributed by atoms with van der Waals surface area (Å²) in [6.07, 6.45) is -1.26. The van der Waals surface area contributed by atoms with Gasteiger partial charge in [-0.25, -0.2) is 0 Å². The van der Waals surface area contributed by atoms with Crippen LogP contribution in [-0.4, -0.2) is 36.8 Å². The van der Waals surface area contributed by atoms with Crippen LogP contribution in [-0.2, 0) is 0 Å². The number of likely N-dealkylation sites (tertiary alicyclic amines) is 1. The number of aliphatic hydroxyl groups is 1. The van der Waals surface area contributed by atoms with Crippen molar-refractivity contribution < 1.29 is 13.9 Å². The largest absolute Gasteiger partial charge is 0.395 e. The minimum absolute atomic E-state index is 0.119. The standard InChI is InChI=1S/C9H15F2NO/c1-9(6-13)5-12(2)4-3-7(9)8(10)11/h13H,3-6H2,1-2H3/t9-/m0/s1. The molecule has 0 aromatic rings. The van der Waals surface area contributed by atoms with Crippen molar-refractivity contribution in [2.24, 2.45) is 5.41 Å². The Morgan fingerprint density at radius 3 is 2.69 bits per heavy atom. The first-order valence-electron chi connectivity index (χ1n) is 4.33. The second kappa shape index (κ2) is 3.72. The molecule has 0 radical (unpaired) electrons. The zero-order valence-electron chi connectivity index (χ0n) is 7.98. The Morgan fingerprint density at radius 2 is 2.23 bits per heavy atom. The summed E-state index contributed by atoms with van der Waals surface area (Å²) in [4.78, 5) is 1.96. The summed E-state index contributed by atoms with van der Waals surface area (Å²) in [5.41, 5.74) is -0.639. The molecule has 2 nitrogen and oxygen atoms in total. The summed E-state index contributed by atoms with van der Waals surface area (Å²) < 4.78 is 25.0. The van der Waals surface area contributed by atoms with Gasteiger partial charge in [0.15, 0.2) is 0 Å². The molecule has 1 aliphatic rings. The minimum atomic E-state index is -1.62. The maximum atomic E-state index is 12.5. The first-order valence-corrected chi connectivity index (χ1v) is 4.33. The third-order valence-electron chi connectivity index (χ3n) is 2.67. The topological polar surface area (TPSA) is 23.5 Å². The molecule has 1 heterocycles. The highest BCUT2D eigenvalue weighted by Crippen LogP contribution is 2.36. The predicted octanol–water partition coefficient (Wildman–Crippen LogP) is 1.47. The summed E-state index contributed by atoms with van der Waals surface area (Å²) in [7, 11) is 1.88. The van der Waals surface area contributed by atoms with Gasteiger partial charge in [-0.3, -0.25) is 0 Å². The van der Waals surface area contributed by atoms with E-state index in [9.17, 15) is 8.78 Å². The number of rotatable bonds is 1. The molecule has 4 heteroatoms. The number of nitrogens with zero attached hydrogens (tertiary/aromatic N) is 1. The Kier molecular flexibility index (Phi) is 3.03. The molecule has 0 aliphatic carbocycles. The Balaban J connectivity index is 2.92. The Morgan fingerprint density at radius 1 is 1.62 bits per heavy atom. The van der Waals surface area contributed by atoms with Gasteiger partial charge in [0.25, 0.3) is 6.08 Å². The van der Waals surface area contributed by atoms with Crippen LogP contribution in [0.1, 0.15) is 13.3 Å². The smallest absolute Gasteiger partial charge is 0.270 e. The third-order valence-corrected chi connectivity index (χ3v) is 2.67. The van der Waals surface area contributed by atoms with Gasteiger partial charge < -0.3 is 10.0 Å². The first kappa shape index (κ1) is 10.6. The van der Waals surface area contributed by atoms with Gasteiger partial charge in [-0.15, -0.1) is 0 Å². The lowest BCUT2D eigenvalue weighted by Gasteiger charge is -2.39. The molecule has 0 aromatic heterocycles. The molecule has 0 spiro atoms. The van der Waals surface area contributed by atoms with E-state index < -0.39 is 11.5 Å². The highest BCUT2D eigenvalue weighted by Gasteiger charge is 2.36. The molecule has 0 saturated carbocycles. The summed E-state index contributed by atoms with van der Waals surface area (Å²) >= 11 is 0. The molecule has 1 saturated heterocycles. The maximum Gasteiger partial charge on any atom is 0.270 e. The average molecular weight is 191 g/mol. The highest BCUT2D eigenvalue weighted by atomic mass is 19.3. The van der Waals surface area contributed by atoms with E-state index >= 15 is 0 Å². The molecule has 1 N–H and O–H groups in total. The molecule has 0 bridgehead atoms. The Labute approximate surface area is 76.8 Å². The average Bonchev–Trinajstić information content (AvgIpc) is 2.03. The van der Waals surface area contributed by atoms with Crippen molar-refractivity contribution in [3.63, 3.8) is 0 Å². The molecule has 1 fully saturated rings. The van der Waals surface area contributed by atoms with Crippen molar-refractivity contribution in [2.45, 2.75) is 13.3 Å². The summed E-state index contributed by atoms with van der Waals surface area (Å²) in [5.74, 6) is 0. The number of halogens is 2. The van der Waals surface area contributed by atoms with E-state index in [1.165, 1.54) is 0 Å². The third kappa shape index (κ3) is 2.06. The van der Waals surface area contributed by atoms with E-state index in [4.69, 9.17) is 5.11 Å². The van der Waals surface area contributed by atoms with Crippen LogP contribution in [0, 0.1) is 5.41 Å². The van der Waals surface area contributed by atoms with E-state index in [0.717, 1.165) is 0 Å². The normalized spacial score (nSPS) is 30.7. The van der Waals surface area contributed by atoms with E-state index in [0.29, 0.717) is 19.5 Å². The van der Waals surface area contributed by atoms with Gasteiger partial charge in [0.2, 0.25) is 0 Å². The molecule has 76 valence electrons. The van der Waals surface area contributed by atoms with Crippen molar-refractivity contribution in [1.82, 2.24) is 4.90 Å². The molecular formula is C9H15F2NO. The van der Waals surface area contributed by atoms with Gasteiger partial charge in [-0.1, -0.05) is 6.92 Å². The minimum Gasteiger partial charge on any atom is -0.395 e. The molecule has 0 aromatic carbocycles. The van der Waals surface area contributed by atoms with Gasteiger partial charge in [-0.2, -0.15) is 8.78 Å². The molecule has 13 heavy (non-hydrogen) atoms. The molecule has 0 unspecified atom stereocenters. The van der Waals surface area contributed by atoms with Gasteiger partial charge in [0.05, 0.1) is 6.61 Å². The fourth-order valence-electron chi connectivity index (χ4n) is 1.84. The lowest BCUT2D eigenvalue weighted by atomic mass is 9.78. The van der Waals surface area contributed by atoms with Crippen LogP contribution in [0.2, 0.25) is 0 Å². The summed E-state index contributed by atoms with van der Waals surface area (Å²) in [6.45, 7) is 2.60. The lowest BCUT2D eigenvalue weighted by molar-refractivity contribution is 0.0969. The van der Waals surface area contributed by atoms with E-state index in [1.807, 2.05) is 11.9 Å². The van der Waals surface area contributed by atoms with Gasteiger partial charge in [-0.05, 0) is 13.5 Å². The second-order valence-corrected chi connectivity index (χ2v) is 3.95. The van der Waals surface area contributed by atoms with Crippen LogP contribution in [0.25, 0.3) is 0 Å². The number of piperidine rings is 1. The Bertz CT molecular complexity index is 226. The quantitative estimate of drug-likeness (QED) is 0.678. The summed E-state index contributed by atoms with van der Waals surface area (Å²) in [6, 6.07) is 0. The molecule has 1 atom stereocenters. The van der Waals surface area contributed by atoms with Crippen molar-refractivity contribution in [3.05, 3.63) is 11.7 Å². The zero-order chi connectivity index (χ0) is 10.1. The maximum absolute atomic E-state index is 12.5. The molecule has 1 rings (SSSR count). The van der Waals surface area contributed by atoms with Crippen LogP contribution in [0.15, 0.2) is 11.7 Å². The van der Waals surface area contributed by atoms with Crippen molar-refractivity contribution in [1.29, 1.82) is 0 Å². The zero-order valence-corrected chi connectivity index (χ0v) is 7.98. The molecule has 1 aliphatic heterocycles. The first-order chi connectivity index (χ1) is 5.99. The van der Waals surface area contributed by atoms with Gasteiger partial charge >= 0.3 is 0 Å². The van der Waals surface area contributed by atoms with Crippen LogP contribution >= 0.6 is 0 Å². The SMILES string of the molecule is CN1CCC(=C(F)F)[C@](C)(CO)C1. The van der Waals surface area contributed by atoms with E-state index in [1.54, 1.807) is 6.92 Å². The molecule has 0 amide bonds. The Hall–Kier alpha value is -0.480. The monoisotopic (exact) mass is 191 g/mol. The van der Waals surface area contributed by atoms with Crippen LogP contribution in [0.3, 0.4) is 0 Å². The van der Waals surface area contributed by atoms with Crippen LogP contribution in [0.5, 0.6) is 0 Å². The van der Waals surface area contributed by atoms with Crippen molar-refractivity contribution in [2.75, 3.05) is 26.7 Å². The van der Waals surface area contributed by atoms with E-state index in [-0.39, 0.29) is 12.2 Å². The van der Waals surface area contributed by atoms with Gasteiger partial charge in [0, 0.05) is 24.1 Å². The van der Waals surface area contributed by atoms with Gasteiger partial charge in [0.1, 0.15) is 0 Å². The number of hydrogen-bond donors (Lipinski definition) is 1. The van der Waals surface area contributed by atoms with E-state index in [2.05, 4.69) is 0 Å². The van der Waals surface area contributed by atoms with Crippen molar-refractivity contribution >= 4 is 0 Å². The van der Waals surface area contributed by atoms with Crippen LogP contribution < -0.4 is 0 Å². The molecular weight excluding hydrogens is 176 g/mol. The fraction of sp³-hybridized carbons (Fsp3) is 0.778. The number of aliphatic hydroxyl groups excluding tert-OH is 1. The van der Waals surface area contributed by atoms with Crippen LogP contribution in [0.4, 0.5) is 8.78 Å². The lowest BCUT2D eigenvalue weighted by Crippen LogP contribution is -2.43. The number of hydrogen-bond acceptors (Lipinski definition) is 2. The summed E-state index contributed by atoms with van der Waals surface area (Å²) in [5, 5.41) is 9.09. The predicted molar refractivity (Wildman–Crippen MR) is 46.5 cm³/mol. The van der Waals surface area contributed by atoms with Crippen molar-refractivity contribution in [3.8, 4) is 0 Å².